The van der Waals surface area contributed by atoms with Gasteiger partial charge in [0.15, 0.2) is 0 Å². The van der Waals surface area contributed by atoms with Crippen LogP contribution >= 0.6 is 23.2 Å². The molecule has 0 radical (unpaired) electrons. The van der Waals surface area contributed by atoms with Crippen LogP contribution in [-0.4, -0.2) is 13.2 Å². The molecule has 0 bridgehead atoms. The Morgan fingerprint density at radius 3 is 1.29 bits per heavy atom. The van der Waals surface area contributed by atoms with Crippen LogP contribution in [0, 0.1) is 0 Å². The summed E-state index contributed by atoms with van der Waals surface area (Å²) in [6, 6.07) is 59.5. The number of benzene rings is 8. The van der Waals surface area contributed by atoms with E-state index >= 15 is 0 Å². The average Bonchev–Trinajstić information content (AvgIpc) is 4.07. The largest absolute Gasteiger partial charge is 0.455 e. The molecule has 0 saturated carbocycles. The summed E-state index contributed by atoms with van der Waals surface area (Å²) >= 11 is 12.8. The second kappa shape index (κ2) is 17.6. The number of hydrogen-bond acceptors (Lipinski definition) is 3. The summed E-state index contributed by atoms with van der Waals surface area (Å²) in [6.45, 7) is 2.00. The molecular weight excluding hydrogens is 755 g/mol. The van der Waals surface area contributed by atoms with Crippen molar-refractivity contribution in [3.63, 3.8) is 0 Å². The summed E-state index contributed by atoms with van der Waals surface area (Å²) < 4.78 is 25.3. The highest BCUT2D eigenvalue weighted by Gasteiger charge is 2.16. The quantitative estimate of drug-likeness (QED) is 0.178. The van der Waals surface area contributed by atoms with Crippen molar-refractivity contribution >= 4 is 67.1 Å². The Labute approximate surface area is 350 Å². The molecule has 0 amide bonds. The van der Waals surface area contributed by atoms with Crippen LogP contribution in [0.1, 0.15) is 21.6 Å². The van der Waals surface area contributed by atoms with Gasteiger partial charge in [0.2, 0.25) is 0 Å². The zero-order chi connectivity index (χ0) is 39.4. The number of halogens is 2. The number of ether oxygens (including phenoxy) is 1. The van der Waals surface area contributed by atoms with Crippen LogP contribution in [0.15, 0.2) is 191 Å². The monoisotopic (exact) mass is 797 g/mol. The Balaban J connectivity index is 0.000000144. The minimum Gasteiger partial charge on any atom is -0.455 e. The first-order valence-electron chi connectivity index (χ1n) is 19.6. The maximum absolute atomic E-state index is 8.14. The Hall–Kier alpha value is -6.10. The van der Waals surface area contributed by atoms with E-state index < -0.39 is 0 Å². The van der Waals surface area contributed by atoms with Crippen LogP contribution in [-0.2, 0) is 4.74 Å². The lowest BCUT2D eigenvalue weighted by Gasteiger charge is -2.05. The molecule has 2 aromatic heterocycles. The van der Waals surface area contributed by atoms with Gasteiger partial charge in [0, 0.05) is 45.9 Å². The van der Waals surface area contributed by atoms with Crippen LogP contribution in [0.25, 0.3) is 88.4 Å². The van der Waals surface area contributed by atoms with Crippen LogP contribution in [0.5, 0.6) is 0 Å². The number of fused-ring (bicyclic) bond motifs is 6. The second-order valence-electron chi connectivity index (χ2n) is 13.9. The molecule has 1 fully saturated rings. The zero-order valence-electron chi connectivity index (χ0n) is 32.1. The molecule has 5 heteroatoms. The van der Waals surface area contributed by atoms with E-state index in [2.05, 4.69) is 103 Å². The van der Waals surface area contributed by atoms with Gasteiger partial charge in [-0.2, -0.15) is 0 Å². The topological polar surface area (TPSA) is 35.5 Å². The minimum atomic E-state index is 0. The molecule has 1 aliphatic rings. The van der Waals surface area contributed by atoms with Crippen LogP contribution in [0.2, 0.25) is 10.0 Å². The summed E-state index contributed by atoms with van der Waals surface area (Å²) in [6.07, 6.45) is 2.56. The predicted molar refractivity (Wildman–Crippen MR) is 246 cm³/mol. The van der Waals surface area contributed by atoms with Crippen molar-refractivity contribution in [3.8, 4) is 44.5 Å². The molecule has 0 N–H and O–H groups in total. The molecule has 58 heavy (non-hydrogen) atoms. The molecule has 1 aliphatic heterocycles. The van der Waals surface area contributed by atoms with E-state index in [1.165, 1.54) is 35.1 Å². The lowest BCUT2D eigenvalue weighted by atomic mass is 9.99. The third-order valence-electron chi connectivity index (χ3n) is 10.3. The van der Waals surface area contributed by atoms with E-state index in [9.17, 15) is 0 Å². The van der Waals surface area contributed by atoms with Gasteiger partial charge in [-0.15, -0.1) is 0 Å². The van der Waals surface area contributed by atoms with E-state index in [0.717, 1.165) is 78.8 Å². The minimum absolute atomic E-state index is 0. The van der Waals surface area contributed by atoms with Crippen molar-refractivity contribution in [1.82, 2.24) is 0 Å². The zero-order valence-corrected chi connectivity index (χ0v) is 32.6. The van der Waals surface area contributed by atoms with E-state index in [4.69, 9.17) is 38.1 Å². The van der Waals surface area contributed by atoms with Gasteiger partial charge in [-0.3, -0.25) is 0 Å². The number of para-hydroxylation sites is 2. The molecule has 3 nitrogen and oxygen atoms in total. The third kappa shape index (κ3) is 7.90. The molecule has 1 saturated heterocycles. The maximum Gasteiger partial charge on any atom is 0.143 e. The van der Waals surface area contributed by atoms with Crippen LogP contribution < -0.4 is 0 Å². The molecule has 3 heterocycles. The molecule has 11 rings (SSSR count). The fourth-order valence-corrected chi connectivity index (χ4v) is 7.97. The molecular formula is C53H42Cl2O3. The number of rotatable bonds is 4. The van der Waals surface area contributed by atoms with Crippen molar-refractivity contribution in [1.29, 1.82) is 0 Å². The lowest BCUT2D eigenvalue weighted by Crippen LogP contribution is -1.81. The Bertz CT molecular complexity index is 2980. The van der Waals surface area contributed by atoms with Crippen molar-refractivity contribution in [3.05, 3.63) is 192 Å². The Morgan fingerprint density at radius 1 is 0.397 bits per heavy atom. The van der Waals surface area contributed by atoms with Gasteiger partial charge in [-0.1, -0.05) is 188 Å². The molecule has 0 unspecified atom stereocenters. The Kier molecular flexibility index (Phi) is 11.4. The summed E-state index contributed by atoms with van der Waals surface area (Å²) in [5.41, 5.74) is 12.1. The predicted octanol–water partition coefficient (Wildman–Crippen LogP) is 16.6. The molecule has 0 aliphatic carbocycles. The van der Waals surface area contributed by atoms with Gasteiger partial charge < -0.3 is 13.6 Å². The number of furan rings is 2. The maximum atomic E-state index is 8.14. The highest BCUT2D eigenvalue weighted by molar-refractivity contribution is 6.38. The van der Waals surface area contributed by atoms with Gasteiger partial charge in [0.1, 0.15) is 22.3 Å². The fourth-order valence-electron chi connectivity index (χ4n) is 7.45. The Morgan fingerprint density at radius 2 is 0.810 bits per heavy atom. The SMILES string of the molecule is C.C1CCOC1.Clc1cccc2oc3c(-c4ccc(-c5ccccc5)cc4)cccc3c12.[2H]c1ccc(Cl)c2c1oc1c(-c3ccc(-c4ccccc4)cc3)cccc12. The van der Waals surface area contributed by atoms with Gasteiger partial charge in [-0.25, -0.2) is 0 Å². The summed E-state index contributed by atoms with van der Waals surface area (Å²) in [5.74, 6) is 0. The first-order chi connectivity index (χ1) is 28.5. The average molecular weight is 799 g/mol. The van der Waals surface area contributed by atoms with Gasteiger partial charge in [-0.05, 0) is 70.5 Å². The molecule has 0 spiro atoms. The summed E-state index contributed by atoms with van der Waals surface area (Å²) in [5, 5.41) is 5.10. The highest BCUT2D eigenvalue weighted by Crippen LogP contribution is 2.40. The highest BCUT2D eigenvalue weighted by atomic mass is 35.5. The molecule has 286 valence electrons. The van der Waals surface area contributed by atoms with Gasteiger partial charge in [0.25, 0.3) is 0 Å². The number of hydrogen-bond donors (Lipinski definition) is 0. The van der Waals surface area contributed by atoms with Crippen molar-refractivity contribution in [2.75, 3.05) is 13.2 Å². The molecule has 8 aromatic carbocycles. The normalized spacial score (nSPS) is 12.4. The standard InChI is InChI=1S/2C24H15ClO.C4H8O.CH4/c2*25-21-10-5-11-22-23(21)20-9-4-8-19(24(20)26-22)18-14-12-17(13-15-18)16-6-2-1-3-7-16;1-2-4-5-3-1;/h2*1-15H;1-4H2;1H4/i11D;;;. The summed E-state index contributed by atoms with van der Waals surface area (Å²) in [4.78, 5) is 0. The van der Waals surface area contributed by atoms with E-state index in [-0.39, 0.29) is 7.43 Å². The van der Waals surface area contributed by atoms with Gasteiger partial charge >= 0.3 is 0 Å². The van der Waals surface area contributed by atoms with E-state index in [1.54, 1.807) is 12.1 Å². The molecule has 10 aromatic rings. The van der Waals surface area contributed by atoms with Crippen molar-refractivity contribution < 1.29 is 14.9 Å². The van der Waals surface area contributed by atoms with Gasteiger partial charge in [0.05, 0.1) is 11.4 Å². The van der Waals surface area contributed by atoms with Crippen LogP contribution in [0.4, 0.5) is 0 Å². The second-order valence-corrected chi connectivity index (χ2v) is 14.7. The van der Waals surface area contributed by atoms with E-state index in [0.29, 0.717) is 16.6 Å². The first kappa shape index (κ1) is 37.5. The summed E-state index contributed by atoms with van der Waals surface area (Å²) in [7, 11) is 0. The van der Waals surface area contributed by atoms with Crippen molar-refractivity contribution in [2.45, 2.75) is 20.3 Å². The van der Waals surface area contributed by atoms with E-state index in [1.807, 2.05) is 60.7 Å². The van der Waals surface area contributed by atoms with Crippen molar-refractivity contribution in [2.24, 2.45) is 0 Å². The van der Waals surface area contributed by atoms with Crippen LogP contribution in [0.3, 0.4) is 0 Å². The molecule has 0 atom stereocenters. The first-order valence-corrected chi connectivity index (χ1v) is 19.9. The fraction of sp³-hybridized carbons (Fsp3) is 0.0943. The smallest absolute Gasteiger partial charge is 0.143 e. The third-order valence-corrected chi connectivity index (χ3v) is 10.9. The lowest BCUT2D eigenvalue weighted by molar-refractivity contribution is 0.198.